The number of fused-ring (bicyclic) bond motifs is 1. The van der Waals surface area contributed by atoms with Crippen molar-refractivity contribution in [2.45, 2.75) is 45.3 Å². The first-order valence-corrected chi connectivity index (χ1v) is 10.6. The molecule has 0 amide bonds. The smallest absolute Gasteiger partial charge is 0.526 e. The lowest BCUT2D eigenvalue weighted by Gasteiger charge is -2.28. The van der Waals surface area contributed by atoms with Crippen molar-refractivity contribution in [1.29, 1.82) is 0 Å². The van der Waals surface area contributed by atoms with Crippen molar-refractivity contribution in [3.63, 3.8) is 0 Å². The van der Waals surface area contributed by atoms with Crippen LogP contribution in [0.1, 0.15) is 58.0 Å². The summed E-state index contributed by atoms with van der Waals surface area (Å²) in [4.78, 5) is 47.7. The average molecular weight is 452 g/mol. The number of rotatable bonds is 9. The Kier molecular flexibility index (Phi) is 8.00. The molecule has 0 unspecified atom stereocenters. The molecule has 0 saturated heterocycles. The minimum absolute atomic E-state index is 0.0670. The van der Waals surface area contributed by atoms with Crippen molar-refractivity contribution in [3.05, 3.63) is 64.7 Å². The van der Waals surface area contributed by atoms with Gasteiger partial charge >= 0.3 is 19.1 Å². The summed E-state index contributed by atoms with van der Waals surface area (Å²) in [6, 6.07) is 11.6. The second kappa shape index (κ2) is 10.9. The maximum Gasteiger partial charge on any atom is 0.526 e. The van der Waals surface area contributed by atoms with E-state index in [1.807, 2.05) is 6.92 Å². The molecule has 0 aromatic heterocycles. The molecule has 0 radical (unpaired) electrons. The van der Waals surface area contributed by atoms with Gasteiger partial charge in [-0.1, -0.05) is 29.8 Å². The zero-order valence-corrected chi connectivity index (χ0v) is 18.5. The average Bonchev–Trinajstić information content (AvgIpc) is 2.78. The Balaban J connectivity index is 1.59. The van der Waals surface area contributed by atoms with E-state index in [4.69, 9.17) is 14.1 Å². The monoisotopic (exact) mass is 452 g/mol. The topological polar surface area (TPSA) is 116 Å². The first kappa shape index (κ1) is 24.2. The van der Waals surface area contributed by atoms with Crippen LogP contribution in [0.5, 0.6) is 5.75 Å². The molecular formula is C24H25BO8. The van der Waals surface area contributed by atoms with Gasteiger partial charge in [0.25, 0.3) is 0 Å². The number of hydrogen-bond donors (Lipinski definition) is 1. The van der Waals surface area contributed by atoms with Gasteiger partial charge in [0.2, 0.25) is 6.79 Å². The molecule has 2 aromatic carbocycles. The number of Topliss-reactive ketones (excluding diaryl/α,β-unsaturated/α-hetero) is 2. The second-order valence-corrected chi connectivity index (χ2v) is 8.06. The minimum Gasteiger partial charge on any atom is -0.535 e. The number of ether oxygens (including phenoxy) is 2. The fraction of sp³-hybridized carbons (Fsp3) is 0.333. The first-order valence-electron chi connectivity index (χ1n) is 10.6. The summed E-state index contributed by atoms with van der Waals surface area (Å²) >= 11 is 0. The summed E-state index contributed by atoms with van der Waals surface area (Å²) in [5.41, 5.74) is 2.07. The van der Waals surface area contributed by atoms with Crippen LogP contribution in [0.2, 0.25) is 5.82 Å². The van der Waals surface area contributed by atoms with E-state index in [0.29, 0.717) is 17.5 Å². The van der Waals surface area contributed by atoms with E-state index < -0.39 is 31.7 Å². The van der Waals surface area contributed by atoms with Crippen LogP contribution in [-0.2, 0) is 25.5 Å². The second-order valence-electron chi connectivity index (χ2n) is 8.06. The number of esters is 2. The number of hydrogen-bond acceptors (Lipinski definition) is 8. The molecule has 0 spiro atoms. The van der Waals surface area contributed by atoms with Crippen molar-refractivity contribution in [3.8, 4) is 5.75 Å². The van der Waals surface area contributed by atoms with Gasteiger partial charge in [-0.15, -0.1) is 0 Å². The molecule has 0 saturated carbocycles. The molecule has 1 heterocycles. The highest BCUT2D eigenvalue weighted by Crippen LogP contribution is 2.36. The van der Waals surface area contributed by atoms with Crippen molar-refractivity contribution in [2.75, 3.05) is 6.79 Å². The number of carbonyl (C=O) groups is 4. The lowest BCUT2D eigenvalue weighted by Crippen LogP contribution is -2.36. The number of benzene rings is 2. The van der Waals surface area contributed by atoms with E-state index >= 15 is 0 Å². The molecule has 0 bridgehead atoms. The van der Waals surface area contributed by atoms with Crippen LogP contribution < -0.4 is 4.65 Å². The molecule has 2 aromatic rings. The fourth-order valence-corrected chi connectivity index (χ4v) is 3.52. The lowest BCUT2D eigenvalue weighted by atomic mass is 9.64. The predicted molar refractivity (Wildman–Crippen MR) is 119 cm³/mol. The molecule has 1 N–H and O–H groups in total. The van der Waals surface area contributed by atoms with Crippen LogP contribution in [0, 0.1) is 6.92 Å². The molecule has 9 heteroatoms. The van der Waals surface area contributed by atoms with Gasteiger partial charge in [0.15, 0.2) is 0 Å². The Hall–Kier alpha value is -3.46. The predicted octanol–water partition coefficient (Wildman–Crippen LogP) is 3.08. The van der Waals surface area contributed by atoms with Gasteiger partial charge in [0.1, 0.15) is 22.9 Å². The third kappa shape index (κ3) is 6.52. The molecule has 172 valence electrons. The van der Waals surface area contributed by atoms with E-state index in [9.17, 15) is 24.2 Å². The molecule has 1 aliphatic rings. The number of carbonyl (C=O) groups excluding carboxylic acids is 4. The highest BCUT2D eigenvalue weighted by Gasteiger charge is 2.37. The summed E-state index contributed by atoms with van der Waals surface area (Å²) in [5.74, 6) is -1.91. The number of para-hydroxylation sites is 1. The van der Waals surface area contributed by atoms with Gasteiger partial charge in [-0.25, -0.2) is 9.59 Å². The summed E-state index contributed by atoms with van der Waals surface area (Å²) in [6.07, 6.45) is 0.687. The van der Waals surface area contributed by atoms with Crippen molar-refractivity contribution >= 4 is 30.6 Å². The normalized spacial score (nSPS) is 14.6. The van der Waals surface area contributed by atoms with Gasteiger partial charge in [-0.05, 0) is 44.0 Å². The van der Waals surface area contributed by atoms with Crippen LogP contribution in [-0.4, -0.2) is 42.4 Å². The van der Waals surface area contributed by atoms with Crippen LogP contribution in [0.3, 0.4) is 0 Å². The summed E-state index contributed by atoms with van der Waals surface area (Å²) < 4.78 is 15.6. The number of ketones is 2. The molecule has 8 nitrogen and oxygen atoms in total. The Bertz CT molecular complexity index is 1050. The van der Waals surface area contributed by atoms with Crippen molar-refractivity contribution < 1.29 is 38.3 Å². The molecule has 1 aliphatic heterocycles. The Labute approximate surface area is 192 Å². The standard InChI is InChI=1S/C24H25BO8/c1-15-6-9-17(10-7-15)23(28)31-14-32-24(29)21-5-3-4-18-12-19(25(30)33-22(18)21)13-20(27)11-8-16(2)26/h3-7,9-10,19,30H,8,11-14H2,1-2H3/t19-/m1/s1. The van der Waals surface area contributed by atoms with Gasteiger partial charge in [-0.3, -0.25) is 4.79 Å². The minimum atomic E-state index is -1.29. The highest BCUT2D eigenvalue weighted by molar-refractivity contribution is 6.47. The van der Waals surface area contributed by atoms with Gasteiger partial charge in [0, 0.05) is 25.1 Å². The van der Waals surface area contributed by atoms with E-state index in [2.05, 4.69) is 0 Å². The largest absolute Gasteiger partial charge is 0.535 e. The van der Waals surface area contributed by atoms with Crippen LogP contribution in [0.15, 0.2) is 42.5 Å². The summed E-state index contributed by atoms with van der Waals surface area (Å²) in [6.45, 7) is 2.74. The van der Waals surface area contributed by atoms with Crippen molar-refractivity contribution in [1.82, 2.24) is 0 Å². The Morgan fingerprint density at radius 1 is 1.03 bits per heavy atom. The van der Waals surface area contributed by atoms with E-state index in [1.54, 1.807) is 36.4 Å². The Morgan fingerprint density at radius 3 is 2.42 bits per heavy atom. The molecule has 3 rings (SSSR count). The van der Waals surface area contributed by atoms with Gasteiger partial charge in [0.05, 0.1) is 5.56 Å². The molecule has 0 fully saturated rings. The molecule has 1 atom stereocenters. The van der Waals surface area contributed by atoms with Gasteiger partial charge in [-0.2, -0.15) is 0 Å². The van der Waals surface area contributed by atoms with Crippen molar-refractivity contribution in [2.24, 2.45) is 0 Å². The highest BCUT2D eigenvalue weighted by atomic mass is 16.7. The third-order valence-corrected chi connectivity index (χ3v) is 5.35. The SMILES string of the molecule is CC(=O)CCC(=O)C[C@H]1Cc2cccc(C(=O)OCOC(=O)c3ccc(C)cc3)c2OB1O. The van der Waals surface area contributed by atoms with Crippen LogP contribution in [0.4, 0.5) is 0 Å². The zero-order chi connectivity index (χ0) is 24.0. The molecule has 33 heavy (non-hydrogen) atoms. The molecular weight excluding hydrogens is 427 g/mol. The van der Waals surface area contributed by atoms with Crippen LogP contribution in [0.25, 0.3) is 0 Å². The lowest BCUT2D eigenvalue weighted by molar-refractivity contribution is -0.123. The van der Waals surface area contributed by atoms with Crippen LogP contribution >= 0.6 is 0 Å². The maximum absolute atomic E-state index is 12.5. The first-order chi connectivity index (χ1) is 15.7. The third-order valence-electron chi connectivity index (χ3n) is 5.35. The Morgan fingerprint density at radius 2 is 1.73 bits per heavy atom. The van der Waals surface area contributed by atoms with E-state index in [-0.39, 0.29) is 42.1 Å². The molecule has 0 aliphatic carbocycles. The quantitative estimate of drug-likeness (QED) is 0.351. The summed E-state index contributed by atoms with van der Waals surface area (Å²) in [5, 5.41) is 10.4. The maximum atomic E-state index is 12.5. The van der Waals surface area contributed by atoms with E-state index in [1.165, 1.54) is 13.0 Å². The summed E-state index contributed by atoms with van der Waals surface area (Å²) in [7, 11) is -1.29. The fourth-order valence-electron chi connectivity index (χ4n) is 3.52. The van der Waals surface area contributed by atoms with E-state index in [0.717, 1.165) is 5.56 Å². The number of aryl methyl sites for hydroxylation is 1. The van der Waals surface area contributed by atoms with Gasteiger partial charge < -0.3 is 23.9 Å². The zero-order valence-electron chi connectivity index (χ0n) is 18.5.